The van der Waals surface area contributed by atoms with Crippen LogP contribution in [0.3, 0.4) is 0 Å². The molecule has 0 aromatic heterocycles. The molecule has 3 nitrogen and oxygen atoms in total. The van der Waals surface area contributed by atoms with Crippen LogP contribution in [-0.2, 0) is 0 Å². The van der Waals surface area contributed by atoms with Crippen LogP contribution in [0.5, 0.6) is 5.75 Å². The molecular weight excluding hydrogens is 248 g/mol. The quantitative estimate of drug-likeness (QED) is 0.882. The second kappa shape index (κ2) is 5.08. The van der Waals surface area contributed by atoms with Gasteiger partial charge in [-0.2, -0.15) is 0 Å². The number of aromatic hydroxyl groups is 1. The van der Waals surface area contributed by atoms with Crippen LogP contribution in [-0.4, -0.2) is 36.2 Å². The van der Waals surface area contributed by atoms with Crippen molar-refractivity contribution >= 4 is 11.6 Å². The molecule has 0 amide bonds. The molecule has 4 heteroatoms. The number of halogens is 1. The average molecular weight is 267 g/mol. The van der Waals surface area contributed by atoms with Crippen molar-refractivity contribution in [1.29, 1.82) is 0 Å². The molecule has 98 valence electrons. The van der Waals surface area contributed by atoms with Crippen molar-refractivity contribution in [2.45, 2.75) is 18.9 Å². The summed E-state index contributed by atoms with van der Waals surface area (Å²) in [6.07, 6.45) is 2.53. The summed E-state index contributed by atoms with van der Waals surface area (Å²) in [4.78, 5) is 2.49. The summed E-state index contributed by atoms with van der Waals surface area (Å²) in [5.74, 6) is 1.07. The van der Waals surface area contributed by atoms with Crippen LogP contribution in [0, 0.1) is 5.92 Å². The van der Waals surface area contributed by atoms with Crippen LogP contribution in [0.1, 0.15) is 24.4 Å². The number of piperazine rings is 1. The molecule has 18 heavy (non-hydrogen) atoms. The molecule has 2 N–H and O–H groups in total. The molecule has 0 bridgehead atoms. The van der Waals surface area contributed by atoms with Gasteiger partial charge in [-0.3, -0.25) is 4.90 Å². The lowest BCUT2D eigenvalue weighted by Gasteiger charge is -2.35. The van der Waals surface area contributed by atoms with Gasteiger partial charge in [-0.1, -0.05) is 11.6 Å². The lowest BCUT2D eigenvalue weighted by Crippen LogP contribution is -2.45. The Labute approximate surface area is 113 Å². The van der Waals surface area contributed by atoms with Gasteiger partial charge in [0, 0.05) is 42.8 Å². The summed E-state index contributed by atoms with van der Waals surface area (Å²) < 4.78 is 0. The van der Waals surface area contributed by atoms with Crippen LogP contribution < -0.4 is 5.32 Å². The molecule has 0 spiro atoms. The minimum absolute atomic E-state index is 0.339. The van der Waals surface area contributed by atoms with E-state index in [4.69, 9.17) is 11.6 Å². The van der Waals surface area contributed by atoms with Crippen molar-refractivity contribution < 1.29 is 5.11 Å². The van der Waals surface area contributed by atoms with Gasteiger partial charge in [0.2, 0.25) is 0 Å². The van der Waals surface area contributed by atoms with E-state index in [2.05, 4.69) is 10.2 Å². The SMILES string of the molecule is Oc1ccc(Cl)cc1[C@H](C1CC1)N1CCNCC1. The van der Waals surface area contributed by atoms with E-state index >= 15 is 0 Å². The molecule has 1 saturated heterocycles. The van der Waals surface area contributed by atoms with E-state index in [9.17, 15) is 5.11 Å². The number of phenols is 1. The van der Waals surface area contributed by atoms with E-state index in [1.807, 2.05) is 6.07 Å². The summed E-state index contributed by atoms with van der Waals surface area (Å²) in [7, 11) is 0. The van der Waals surface area contributed by atoms with Gasteiger partial charge in [-0.25, -0.2) is 0 Å². The Morgan fingerprint density at radius 3 is 2.67 bits per heavy atom. The van der Waals surface area contributed by atoms with Crippen LogP contribution in [0.25, 0.3) is 0 Å². The van der Waals surface area contributed by atoms with E-state index in [1.165, 1.54) is 12.8 Å². The number of nitrogens with one attached hydrogen (secondary N) is 1. The van der Waals surface area contributed by atoms with Crippen molar-refractivity contribution in [2.75, 3.05) is 26.2 Å². The third kappa shape index (κ3) is 2.48. The molecule has 2 fully saturated rings. The van der Waals surface area contributed by atoms with Gasteiger partial charge in [0.1, 0.15) is 5.75 Å². The number of benzene rings is 1. The van der Waals surface area contributed by atoms with Crippen molar-refractivity contribution in [3.63, 3.8) is 0 Å². The van der Waals surface area contributed by atoms with E-state index in [0.29, 0.717) is 22.7 Å². The number of nitrogens with zero attached hydrogens (tertiary/aromatic N) is 1. The number of phenolic OH excluding ortho intramolecular Hbond substituents is 1. The Bertz CT molecular complexity index is 428. The Morgan fingerprint density at radius 1 is 1.28 bits per heavy atom. The average Bonchev–Trinajstić information content (AvgIpc) is 3.20. The first-order valence-electron chi connectivity index (χ1n) is 6.69. The number of hydrogen-bond acceptors (Lipinski definition) is 3. The van der Waals surface area contributed by atoms with Gasteiger partial charge >= 0.3 is 0 Å². The van der Waals surface area contributed by atoms with Crippen LogP contribution in [0.15, 0.2) is 18.2 Å². The molecule has 1 aromatic carbocycles. The maximum atomic E-state index is 10.1. The van der Waals surface area contributed by atoms with E-state index in [1.54, 1.807) is 12.1 Å². The van der Waals surface area contributed by atoms with Crippen LogP contribution in [0.4, 0.5) is 0 Å². The zero-order valence-electron chi connectivity index (χ0n) is 10.4. The lowest BCUT2D eigenvalue weighted by atomic mass is 9.99. The first-order valence-corrected chi connectivity index (χ1v) is 7.06. The molecule has 1 atom stereocenters. The predicted octanol–water partition coefficient (Wildman–Crippen LogP) is 2.40. The summed E-state index contributed by atoms with van der Waals surface area (Å²) >= 11 is 6.08. The monoisotopic (exact) mass is 266 g/mol. The molecule has 3 rings (SSSR count). The minimum atomic E-state index is 0.339. The molecule has 1 heterocycles. The predicted molar refractivity (Wildman–Crippen MR) is 73.0 cm³/mol. The zero-order valence-corrected chi connectivity index (χ0v) is 11.2. The van der Waals surface area contributed by atoms with Crippen molar-refractivity contribution in [1.82, 2.24) is 10.2 Å². The number of hydrogen-bond donors (Lipinski definition) is 2. The summed E-state index contributed by atoms with van der Waals surface area (Å²) in [6, 6.07) is 5.74. The highest BCUT2D eigenvalue weighted by atomic mass is 35.5. The zero-order chi connectivity index (χ0) is 12.5. The van der Waals surface area contributed by atoms with Crippen molar-refractivity contribution in [2.24, 2.45) is 5.92 Å². The van der Waals surface area contributed by atoms with Gasteiger partial charge < -0.3 is 10.4 Å². The summed E-state index contributed by atoms with van der Waals surface area (Å²) in [5, 5.41) is 14.2. The van der Waals surface area contributed by atoms with E-state index in [-0.39, 0.29) is 0 Å². The minimum Gasteiger partial charge on any atom is -0.508 e. The maximum absolute atomic E-state index is 10.1. The molecule has 2 aliphatic rings. The summed E-state index contributed by atoms with van der Waals surface area (Å²) in [5.41, 5.74) is 1.01. The Morgan fingerprint density at radius 2 is 2.00 bits per heavy atom. The maximum Gasteiger partial charge on any atom is 0.120 e. The van der Waals surface area contributed by atoms with Gasteiger partial charge in [-0.15, -0.1) is 0 Å². The van der Waals surface area contributed by atoms with E-state index in [0.717, 1.165) is 31.7 Å². The second-order valence-corrected chi connectivity index (χ2v) is 5.71. The van der Waals surface area contributed by atoms with Gasteiger partial charge in [0.05, 0.1) is 0 Å². The highest BCUT2D eigenvalue weighted by Crippen LogP contribution is 2.47. The Hall–Kier alpha value is -0.770. The van der Waals surface area contributed by atoms with Crippen molar-refractivity contribution in [3.05, 3.63) is 28.8 Å². The van der Waals surface area contributed by atoms with Crippen LogP contribution >= 0.6 is 11.6 Å². The van der Waals surface area contributed by atoms with E-state index < -0.39 is 0 Å². The Balaban J connectivity index is 1.90. The summed E-state index contributed by atoms with van der Waals surface area (Å²) in [6.45, 7) is 4.16. The molecular formula is C14H19ClN2O. The normalized spacial score (nSPS) is 22.9. The fourth-order valence-electron chi connectivity index (χ4n) is 2.88. The lowest BCUT2D eigenvalue weighted by molar-refractivity contribution is 0.153. The molecule has 1 aromatic rings. The second-order valence-electron chi connectivity index (χ2n) is 5.27. The highest BCUT2D eigenvalue weighted by molar-refractivity contribution is 6.30. The smallest absolute Gasteiger partial charge is 0.120 e. The van der Waals surface area contributed by atoms with Crippen molar-refractivity contribution in [3.8, 4) is 5.75 Å². The third-order valence-electron chi connectivity index (χ3n) is 3.92. The van der Waals surface area contributed by atoms with Gasteiger partial charge in [0.25, 0.3) is 0 Å². The molecule has 1 saturated carbocycles. The third-order valence-corrected chi connectivity index (χ3v) is 4.16. The first kappa shape index (κ1) is 12.3. The highest BCUT2D eigenvalue weighted by Gasteiger charge is 2.38. The topological polar surface area (TPSA) is 35.5 Å². The fourth-order valence-corrected chi connectivity index (χ4v) is 3.06. The largest absolute Gasteiger partial charge is 0.508 e. The molecule has 0 radical (unpaired) electrons. The molecule has 1 aliphatic carbocycles. The molecule has 0 unspecified atom stereocenters. The van der Waals surface area contributed by atoms with Gasteiger partial charge in [-0.05, 0) is 37.0 Å². The Kier molecular flexibility index (Phi) is 3.46. The standard InChI is InChI=1S/C14H19ClN2O/c15-11-3-4-13(18)12(9-11)14(10-1-2-10)17-7-5-16-6-8-17/h3-4,9-10,14,16,18H,1-2,5-8H2/t14-/m0/s1. The van der Waals surface area contributed by atoms with Crippen LogP contribution in [0.2, 0.25) is 5.02 Å². The van der Waals surface area contributed by atoms with Gasteiger partial charge in [0.15, 0.2) is 0 Å². The number of rotatable bonds is 3. The first-order chi connectivity index (χ1) is 8.75. The fraction of sp³-hybridized carbons (Fsp3) is 0.571. The molecule has 1 aliphatic heterocycles.